The zero-order valence-electron chi connectivity index (χ0n) is 18.3. The van der Waals surface area contributed by atoms with E-state index >= 15 is 0 Å². The van der Waals surface area contributed by atoms with Crippen LogP contribution in [-0.2, 0) is 11.3 Å². The van der Waals surface area contributed by atoms with Crippen molar-refractivity contribution in [2.75, 3.05) is 5.32 Å². The smallest absolute Gasteiger partial charge is 0.262 e. The fourth-order valence-corrected chi connectivity index (χ4v) is 4.30. The van der Waals surface area contributed by atoms with Gasteiger partial charge in [-0.05, 0) is 43.7 Å². The molecule has 1 N–H and O–H groups in total. The second-order valence-corrected chi connectivity index (χ2v) is 9.00. The summed E-state index contributed by atoms with van der Waals surface area (Å²) in [6.45, 7) is 4.12. The molecule has 1 amide bonds. The van der Waals surface area contributed by atoms with E-state index in [0.29, 0.717) is 33.9 Å². The van der Waals surface area contributed by atoms with Crippen LogP contribution in [0.3, 0.4) is 0 Å². The minimum atomic E-state index is -0.547. The molecule has 0 bridgehead atoms. The Morgan fingerprint density at radius 2 is 1.79 bits per heavy atom. The van der Waals surface area contributed by atoms with Crippen molar-refractivity contribution in [3.05, 3.63) is 99.8 Å². The molecule has 0 aliphatic rings. The molecule has 3 aromatic carbocycles. The molecule has 1 aromatic heterocycles. The Balaban J connectivity index is 1.67. The summed E-state index contributed by atoms with van der Waals surface area (Å²) in [4.78, 5) is 30.9. The molecule has 0 unspecified atom stereocenters. The van der Waals surface area contributed by atoms with Crippen molar-refractivity contribution in [3.63, 3.8) is 0 Å². The standard InChI is InChI=1S/C26H22N4O2S/c1-17-11-13-19(14-12-17)16-30-25(32)21-8-4-6-10-23(21)29-26(30)33-18(2)24(31)28-22-9-5-3-7-20(22)15-27/h3-14,18H,16H2,1-2H3,(H,28,31)/t18-/m0/s1. The summed E-state index contributed by atoms with van der Waals surface area (Å²) in [5.74, 6) is -0.271. The third-order valence-corrected chi connectivity index (χ3v) is 6.33. The van der Waals surface area contributed by atoms with Crippen LogP contribution in [0.5, 0.6) is 0 Å². The molecule has 4 rings (SSSR count). The van der Waals surface area contributed by atoms with E-state index in [0.717, 1.165) is 11.1 Å². The van der Waals surface area contributed by atoms with Crippen molar-refractivity contribution < 1.29 is 4.79 Å². The largest absolute Gasteiger partial charge is 0.324 e. The molecule has 6 nitrogen and oxygen atoms in total. The van der Waals surface area contributed by atoms with Gasteiger partial charge in [-0.3, -0.25) is 14.2 Å². The van der Waals surface area contributed by atoms with Crippen molar-refractivity contribution in [1.82, 2.24) is 9.55 Å². The number of nitrogens with one attached hydrogen (secondary N) is 1. The maximum absolute atomic E-state index is 13.3. The van der Waals surface area contributed by atoms with E-state index in [4.69, 9.17) is 4.98 Å². The summed E-state index contributed by atoms with van der Waals surface area (Å²) in [5, 5.41) is 12.5. The van der Waals surface area contributed by atoms with Crippen LogP contribution in [0.1, 0.15) is 23.6 Å². The van der Waals surface area contributed by atoms with E-state index in [1.807, 2.05) is 43.3 Å². The van der Waals surface area contributed by atoms with Gasteiger partial charge in [0.05, 0.1) is 33.9 Å². The van der Waals surface area contributed by atoms with Crippen LogP contribution in [0.15, 0.2) is 82.7 Å². The third-order valence-electron chi connectivity index (χ3n) is 5.24. The van der Waals surface area contributed by atoms with E-state index in [1.165, 1.54) is 11.8 Å². The quantitative estimate of drug-likeness (QED) is 0.336. The van der Waals surface area contributed by atoms with Gasteiger partial charge in [0.15, 0.2) is 5.16 Å². The number of aryl methyl sites for hydroxylation is 1. The molecular formula is C26H22N4O2S. The Morgan fingerprint density at radius 1 is 1.09 bits per heavy atom. The first-order valence-corrected chi connectivity index (χ1v) is 11.4. The Bertz CT molecular complexity index is 1420. The SMILES string of the molecule is Cc1ccc(Cn2c(S[C@@H](C)C(=O)Nc3ccccc3C#N)nc3ccccc3c2=O)cc1. The minimum Gasteiger partial charge on any atom is -0.324 e. The first-order chi connectivity index (χ1) is 16.0. The van der Waals surface area contributed by atoms with Gasteiger partial charge < -0.3 is 5.32 Å². The van der Waals surface area contributed by atoms with Crippen LogP contribution in [0.25, 0.3) is 10.9 Å². The molecular weight excluding hydrogens is 432 g/mol. The van der Waals surface area contributed by atoms with Crippen LogP contribution in [0, 0.1) is 18.3 Å². The van der Waals surface area contributed by atoms with Crippen molar-refractivity contribution >= 4 is 34.3 Å². The van der Waals surface area contributed by atoms with Gasteiger partial charge in [0.2, 0.25) is 5.91 Å². The number of para-hydroxylation sites is 2. The summed E-state index contributed by atoms with van der Waals surface area (Å²) in [6.07, 6.45) is 0. The van der Waals surface area contributed by atoms with E-state index in [-0.39, 0.29) is 11.5 Å². The fraction of sp³-hybridized carbons (Fsp3) is 0.154. The lowest BCUT2D eigenvalue weighted by molar-refractivity contribution is -0.115. The topological polar surface area (TPSA) is 87.8 Å². The number of carbonyl (C=O) groups is 1. The van der Waals surface area contributed by atoms with Crippen LogP contribution in [0.4, 0.5) is 5.69 Å². The maximum atomic E-state index is 13.3. The zero-order chi connectivity index (χ0) is 23.4. The average molecular weight is 455 g/mol. The molecule has 1 atom stereocenters. The number of nitrogens with zero attached hydrogens (tertiary/aromatic N) is 3. The van der Waals surface area contributed by atoms with E-state index in [1.54, 1.807) is 47.9 Å². The number of fused-ring (bicyclic) bond motifs is 1. The van der Waals surface area contributed by atoms with Gasteiger partial charge in [0.25, 0.3) is 5.56 Å². The second-order valence-electron chi connectivity index (χ2n) is 7.70. The van der Waals surface area contributed by atoms with Gasteiger partial charge in [-0.2, -0.15) is 5.26 Å². The van der Waals surface area contributed by atoms with Gasteiger partial charge in [0.1, 0.15) is 6.07 Å². The summed E-state index contributed by atoms with van der Waals surface area (Å²) in [7, 11) is 0. The number of amides is 1. The highest BCUT2D eigenvalue weighted by Gasteiger charge is 2.20. The Morgan fingerprint density at radius 3 is 2.55 bits per heavy atom. The number of aromatic nitrogens is 2. The number of benzene rings is 3. The molecule has 164 valence electrons. The molecule has 33 heavy (non-hydrogen) atoms. The number of rotatable bonds is 6. The average Bonchev–Trinajstić information content (AvgIpc) is 2.83. The van der Waals surface area contributed by atoms with Gasteiger partial charge in [-0.15, -0.1) is 0 Å². The Kier molecular flexibility index (Phi) is 6.57. The van der Waals surface area contributed by atoms with Gasteiger partial charge >= 0.3 is 0 Å². The molecule has 0 saturated carbocycles. The lowest BCUT2D eigenvalue weighted by Crippen LogP contribution is -2.27. The van der Waals surface area contributed by atoms with Crippen molar-refractivity contribution in [2.45, 2.75) is 30.8 Å². The van der Waals surface area contributed by atoms with Crippen LogP contribution >= 0.6 is 11.8 Å². The molecule has 7 heteroatoms. The minimum absolute atomic E-state index is 0.147. The molecule has 0 saturated heterocycles. The highest BCUT2D eigenvalue weighted by Crippen LogP contribution is 2.25. The molecule has 0 aliphatic carbocycles. The highest BCUT2D eigenvalue weighted by molar-refractivity contribution is 8.00. The number of nitriles is 1. The van der Waals surface area contributed by atoms with Crippen molar-refractivity contribution in [2.24, 2.45) is 0 Å². The Hall–Kier alpha value is -3.89. The number of carbonyl (C=O) groups excluding carboxylic acids is 1. The molecule has 1 heterocycles. The highest BCUT2D eigenvalue weighted by atomic mass is 32.2. The second kappa shape index (κ2) is 9.72. The summed E-state index contributed by atoms with van der Waals surface area (Å²) in [6, 6.07) is 24.1. The maximum Gasteiger partial charge on any atom is 0.262 e. The summed E-state index contributed by atoms with van der Waals surface area (Å²) >= 11 is 1.22. The predicted octanol–water partition coefficient (Wildman–Crippen LogP) is 4.74. The molecule has 4 aromatic rings. The molecule has 0 fully saturated rings. The Labute approximate surface area is 195 Å². The monoisotopic (exact) mass is 454 g/mol. The van der Waals surface area contributed by atoms with E-state index < -0.39 is 5.25 Å². The number of hydrogen-bond donors (Lipinski definition) is 1. The molecule has 0 spiro atoms. The number of thioether (sulfide) groups is 1. The lowest BCUT2D eigenvalue weighted by Gasteiger charge is -2.17. The lowest BCUT2D eigenvalue weighted by atomic mass is 10.1. The summed E-state index contributed by atoms with van der Waals surface area (Å²) in [5.41, 5.74) is 3.41. The van der Waals surface area contributed by atoms with Gasteiger partial charge in [-0.1, -0.05) is 65.9 Å². The fourth-order valence-electron chi connectivity index (χ4n) is 3.39. The van der Waals surface area contributed by atoms with Gasteiger partial charge in [0, 0.05) is 0 Å². The van der Waals surface area contributed by atoms with E-state index in [9.17, 15) is 14.9 Å². The summed E-state index contributed by atoms with van der Waals surface area (Å²) < 4.78 is 1.62. The molecule has 0 radical (unpaired) electrons. The number of anilines is 1. The molecule has 0 aliphatic heterocycles. The van der Waals surface area contributed by atoms with Crippen molar-refractivity contribution in [1.29, 1.82) is 5.26 Å². The van der Waals surface area contributed by atoms with E-state index in [2.05, 4.69) is 11.4 Å². The normalized spacial score (nSPS) is 11.7. The number of hydrogen-bond acceptors (Lipinski definition) is 5. The van der Waals surface area contributed by atoms with Gasteiger partial charge in [-0.25, -0.2) is 4.98 Å². The third kappa shape index (κ3) is 4.97. The zero-order valence-corrected chi connectivity index (χ0v) is 19.1. The van der Waals surface area contributed by atoms with Crippen LogP contribution in [0.2, 0.25) is 0 Å². The van der Waals surface area contributed by atoms with Crippen molar-refractivity contribution in [3.8, 4) is 6.07 Å². The first-order valence-electron chi connectivity index (χ1n) is 10.5. The first kappa shape index (κ1) is 22.3. The van der Waals surface area contributed by atoms with Crippen LogP contribution in [-0.4, -0.2) is 20.7 Å². The van der Waals surface area contributed by atoms with Crippen LogP contribution < -0.4 is 10.9 Å². The predicted molar refractivity (Wildman–Crippen MR) is 131 cm³/mol.